The Labute approximate surface area is 373 Å². The summed E-state index contributed by atoms with van der Waals surface area (Å²) < 4.78 is 16.6. The number of unbranched alkanes of at least 4 members (excludes halogenated alkanes) is 11. The van der Waals surface area contributed by atoms with Gasteiger partial charge in [0.1, 0.15) is 13.2 Å². The van der Waals surface area contributed by atoms with Crippen LogP contribution < -0.4 is 0 Å². The predicted molar refractivity (Wildman–Crippen MR) is 260 cm³/mol. The zero-order valence-corrected chi connectivity index (χ0v) is 38.6. The van der Waals surface area contributed by atoms with Gasteiger partial charge in [0.05, 0.1) is 0 Å². The van der Waals surface area contributed by atoms with Crippen LogP contribution in [-0.2, 0) is 28.6 Å². The van der Waals surface area contributed by atoms with Crippen LogP contribution in [0.25, 0.3) is 0 Å². The number of hydrogen-bond acceptors (Lipinski definition) is 6. The first-order valence-electron chi connectivity index (χ1n) is 23.8. The second-order valence-electron chi connectivity index (χ2n) is 15.0. The fraction of sp³-hybridized carbons (Fsp3) is 0.545. The molecule has 0 aliphatic rings. The standard InChI is InChI=1S/C55H84O6/c1-4-7-10-13-16-19-21-23-25-26-27-28-30-31-33-36-39-42-45-48-54(57)60-51-52(50-59-53(56)47-44-41-38-35-18-15-12-9-6-3)61-55(58)49-46-43-40-37-34-32-29-24-22-20-17-14-11-8-5-2/h7-12,14,16-20,22-25,27-29,32,34-35,52H,4-6,13,15,21,26,30-31,33,36-51H2,1-3H3/b10-7-,11-8-,12-9-,17-14-,19-16-,22-20-,25-23-,28-27-,29-24-,34-32-,35-18-. The van der Waals surface area contributed by atoms with Crippen LogP contribution in [0.4, 0.5) is 0 Å². The normalized spacial score (nSPS) is 13.3. The van der Waals surface area contributed by atoms with Crippen molar-refractivity contribution in [1.82, 2.24) is 0 Å². The third-order valence-electron chi connectivity index (χ3n) is 9.26. The van der Waals surface area contributed by atoms with Crippen molar-refractivity contribution < 1.29 is 28.6 Å². The summed E-state index contributed by atoms with van der Waals surface area (Å²) in [5.41, 5.74) is 0. The monoisotopic (exact) mass is 841 g/mol. The molecule has 0 rings (SSSR count). The molecule has 0 aliphatic carbocycles. The minimum absolute atomic E-state index is 0.119. The second-order valence-corrected chi connectivity index (χ2v) is 15.0. The van der Waals surface area contributed by atoms with E-state index in [0.29, 0.717) is 19.3 Å². The van der Waals surface area contributed by atoms with Crippen molar-refractivity contribution in [3.05, 3.63) is 134 Å². The number of allylic oxidation sites excluding steroid dienone is 22. The van der Waals surface area contributed by atoms with Crippen LogP contribution in [0.15, 0.2) is 134 Å². The fourth-order valence-electron chi connectivity index (χ4n) is 5.78. The van der Waals surface area contributed by atoms with E-state index in [2.05, 4.69) is 106 Å². The maximum atomic E-state index is 12.7. The van der Waals surface area contributed by atoms with Gasteiger partial charge >= 0.3 is 17.9 Å². The quantitative estimate of drug-likeness (QED) is 0.0201. The highest BCUT2D eigenvalue weighted by molar-refractivity contribution is 5.71. The van der Waals surface area contributed by atoms with E-state index in [1.807, 2.05) is 48.6 Å². The summed E-state index contributed by atoms with van der Waals surface area (Å²) in [5, 5.41) is 0. The average molecular weight is 841 g/mol. The Kier molecular flexibility index (Phi) is 44.7. The van der Waals surface area contributed by atoms with Gasteiger partial charge in [0.15, 0.2) is 6.10 Å². The Morgan fingerprint density at radius 3 is 1.16 bits per heavy atom. The molecule has 6 nitrogen and oxygen atoms in total. The average Bonchev–Trinajstić information content (AvgIpc) is 3.26. The van der Waals surface area contributed by atoms with Crippen molar-refractivity contribution in [3.8, 4) is 0 Å². The molecule has 0 radical (unpaired) electrons. The zero-order chi connectivity index (χ0) is 44.4. The topological polar surface area (TPSA) is 78.9 Å². The predicted octanol–water partition coefficient (Wildman–Crippen LogP) is 15.5. The maximum absolute atomic E-state index is 12.7. The first-order chi connectivity index (χ1) is 30.0. The fourth-order valence-corrected chi connectivity index (χ4v) is 5.78. The van der Waals surface area contributed by atoms with Gasteiger partial charge in [0, 0.05) is 19.3 Å². The van der Waals surface area contributed by atoms with E-state index in [-0.39, 0.29) is 37.5 Å². The van der Waals surface area contributed by atoms with Gasteiger partial charge in [-0.2, -0.15) is 0 Å². The molecule has 0 aromatic rings. The molecule has 0 spiro atoms. The summed E-state index contributed by atoms with van der Waals surface area (Å²) in [4.78, 5) is 37.8. The molecule has 340 valence electrons. The van der Waals surface area contributed by atoms with Crippen LogP contribution in [0.2, 0.25) is 0 Å². The van der Waals surface area contributed by atoms with E-state index in [1.54, 1.807) is 0 Å². The molecule has 0 heterocycles. The van der Waals surface area contributed by atoms with Gasteiger partial charge in [-0.05, 0) is 103 Å². The van der Waals surface area contributed by atoms with Crippen molar-refractivity contribution in [2.45, 2.75) is 181 Å². The van der Waals surface area contributed by atoms with Crippen molar-refractivity contribution >= 4 is 17.9 Å². The summed E-state index contributed by atoms with van der Waals surface area (Å²) >= 11 is 0. The van der Waals surface area contributed by atoms with Gasteiger partial charge < -0.3 is 14.2 Å². The lowest BCUT2D eigenvalue weighted by atomic mass is 10.1. The van der Waals surface area contributed by atoms with E-state index in [0.717, 1.165) is 116 Å². The SMILES string of the molecule is CC\C=C/C=C\C=C/C=C\C=C/CCCCCC(=O)OC(COC(=O)CCCC/C=C\C/C=C\CC)COC(=O)CCCCCCCC/C=C\C/C=C\C/C=C\C/C=C\CC. The molecule has 0 aliphatic heterocycles. The van der Waals surface area contributed by atoms with Gasteiger partial charge in [0.25, 0.3) is 0 Å². The molecule has 6 heteroatoms. The lowest BCUT2D eigenvalue weighted by molar-refractivity contribution is -0.167. The Hall–Kier alpha value is -4.45. The number of carbonyl (C=O) groups is 3. The minimum Gasteiger partial charge on any atom is -0.462 e. The summed E-state index contributed by atoms with van der Waals surface area (Å²) in [6.45, 7) is 6.14. The second kappa shape index (κ2) is 48.2. The molecule has 0 saturated carbocycles. The smallest absolute Gasteiger partial charge is 0.306 e. The van der Waals surface area contributed by atoms with Crippen LogP contribution in [0.1, 0.15) is 175 Å². The van der Waals surface area contributed by atoms with Gasteiger partial charge in [-0.15, -0.1) is 0 Å². The Morgan fingerprint density at radius 2 is 0.672 bits per heavy atom. The molecule has 1 atom stereocenters. The Balaban J connectivity index is 4.48. The van der Waals surface area contributed by atoms with Crippen molar-refractivity contribution in [2.24, 2.45) is 0 Å². The van der Waals surface area contributed by atoms with Crippen molar-refractivity contribution in [3.63, 3.8) is 0 Å². The summed E-state index contributed by atoms with van der Waals surface area (Å²) in [5.74, 6) is -1.03. The first-order valence-corrected chi connectivity index (χ1v) is 23.8. The molecule has 0 bridgehead atoms. The van der Waals surface area contributed by atoms with Crippen LogP contribution in [0.5, 0.6) is 0 Å². The van der Waals surface area contributed by atoms with Crippen LogP contribution >= 0.6 is 0 Å². The number of hydrogen-bond donors (Lipinski definition) is 0. The van der Waals surface area contributed by atoms with Crippen LogP contribution in [0, 0.1) is 0 Å². The molecule has 0 N–H and O–H groups in total. The van der Waals surface area contributed by atoms with Crippen LogP contribution in [0.3, 0.4) is 0 Å². The van der Waals surface area contributed by atoms with Gasteiger partial charge in [-0.3, -0.25) is 14.4 Å². The van der Waals surface area contributed by atoms with E-state index in [9.17, 15) is 14.4 Å². The molecule has 0 saturated heterocycles. The minimum atomic E-state index is -0.822. The maximum Gasteiger partial charge on any atom is 0.306 e. The third kappa shape index (κ3) is 46.5. The molecular formula is C55H84O6. The van der Waals surface area contributed by atoms with E-state index < -0.39 is 6.10 Å². The lowest BCUT2D eigenvalue weighted by Gasteiger charge is -2.18. The highest BCUT2D eigenvalue weighted by atomic mass is 16.6. The summed E-state index contributed by atoms with van der Waals surface area (Å²) in [6, 6.07) is 0. The number of ether oxygens (including phenoxy) is 3. The Bertz CT molecular complexity index is 1380. The molecule has 1 unspecified atom stereocenters. The molecule has 0 amide bonds. The zero-order valence-electron chi connectivity index (χ0n) is 38.6. The number of carbonyl (C=O) groups excluding carboxylic acids is 3. The molecule has 0 aromatic heterocycles. The number of esters is 3. The highest BCUT2D eigenvalue weighted by Crippen LogP contribution is 2.12. The largest absolute Gasteiger partial charge is 0.462 e. The Morgan fingerprint density at radius 1 is 0.344 bits per heavy atom. The summed E-state index contributed by atoms with van der Waals surface area (Å²) in [7, 11) is 0. The third-order valence-corrected chi connectivity index (χ3v) is 9.26. The van der Waals surface area contributed by atoms with E-state index >= 15 is 0 Å². The number of rotatable bonds is 40. The molecular weight excluding hydrogens is 757 g/mol. The highest BCUT2D eigenvalue weighted by Gasteiger charge is 2.19. The van der Waals surface area contributed by atoms with Crippen molar-refractivity contribution in [2.75, 3.05) is 13.2 Å². The summed E-state index contributed by atoms with van der Waals surface area (Å²) in [6.07, 6.45) is 67.3. The van der Waals surface area contributed by atoms with Crippen LogP contribution in [-0.4, -0.2) is 37.2 Å². The first kappa shape index (κ1) is 56.5. The lowest BCUT2D eigenvalue weighted by Crippen LogP contribution is -2.30. The van der Waals surface area contributed by atoms with Gasteiger partial charge in [-0.1, -0.05) is 187 Å². The van der Waals surface area contributed by atoms with Gasteiger partial charge in [-0.25, -0.2) is 0 Å². The van der Waals surface area contributed by atoms with Crippen molar-refractivity contribution in [1.29, 1.82) is 0 Å². The molecule has 0 aromatic carbocycles. The molecule has 0 fully saturated rings. The van der Waals surface area contributed by atoms with E-state index in [1.165, 1.54) is 12.8 Å². The molecule has 61 heavy (non-hydrogen) atoms. The van der Waals surface area contributed by atoms with E-state index in [4.69, 9.17) is 14.2 Å². The van der Waals surface area contributed by atoms with Gasteiger partial charge in [0.2, 0.25) is 0 Å².